The molecule has 3 nitrogen and oxygen atoms in total. The van der Waals surface area contributed by atoms with Crippen molar-refractivity contribution in [3.05, 3.63) is 22.8 Å². The molecule has 0 aliphatic rings. The van der Waals surface area contributed by atoms with Crippen molar-refractivity contribution < 1.29 is 0 Å². The lowest BCUT2D eigenvalue weighted by molar-refractivity contribution is 0.421. The zero-order valence-corrected chi connectivity index (χ0v) is 14.9. The van der Waals surface area contributed by atoms with E-state index in [4.69, 9.17) is 16.6 Å². The van der Waals surface area contributed by atoms with Crippen molar-refractivity contribution >= 4 is 29.2 Å². The first-order valence-electron chi connectivity index (χ1n) is 6.87. The topological polar surface area (TPSA) is 28.2 Å². The Balaban J connectivity index is 2.85. The Kier molecular flexibility index (Phi) is 6.62. The first kappa shape index (κ1) is 17.6. The third kappa shape index (κ3) is 5.51. The largest absolute Gasteiger partial charge is 0.356 e. The van der Waals surface area contributed by atoms with Crippen molar-refractivity contribution in [2.75, 3.05) is 24.0 Å². The molecule has 0 saturated heterocycles. The predicted molar refractivity (Wildman–Crippen MR) is 92.1 cm³/mol. The molecule has 0 fully saturated rings. The Hall–Kier alpha value is -0.450. The van der Waals surface area contributed by atoms with Gasteiger partial charge in [0.2, 0.25) is 0 Å². The van der Waals surface area contributed by atoms with E-state index in [1.54, 1.807) is 0 Å². The second-order valence-corrected chi connectivity index (χ2v) is 7.43. The van der Waals surface area contributed by atoms with Gasteiger partial charge in [0.05, 0.1) is 10.7 Å². The van der Waals surface area contributed by atoms with Crippen LogP contribution in [-0.2, 0) is 6.54 Å². The Morgan fingerprint density at radius 1 is 1.40 bits per heavy atom. The van der Waals surface area contributed by atoms with E-state index < -0.39 is 0 Å². The highest BCUT2D eigenvalue weighted by molar-refractivity contribution is 7.98. The zero-order valence-electron chi connectivity index (χ0n) is 13.3. The number of pyridine rings is 1. The summed E-state index contributed by atoms with van der Waals surface area (Å²) >= 11 is 8.09. The second-order valence-electron chi connectivity index (χ2n) is 6.12. The molecular weight excluding hydrogens is 290 g/mol. The summed E-state index contributed by atoms with van der Waals surface area (Å²) in [5, 5.41) is 4.15. The summed E-state index contributed by atoms with van der Waals surface area (Å²) in [5.74, 6) is 2.05. The van der Waals surface area contributed by atoms with E-state index in [1.165, 1.54) is 0 Å². The van der Waals surface area contributed by atoms with Crippen molar-refractivity contribution in [2.45, 2.75) is 45.8 Å². The number of thioether (sulfide) groups is 1. The van der Waals surface area contributed by atoms with Gasteiger partial charge in [-0.2, -0.15) is 11.8 Å². The molecule has 0 saturated carbocycles. The monoisotopic (exact) mass is 315 g/mol. The van der Waals surface area contributed by atoms with E-state index in [-0.39, 0.29) is 5.54 Å². The fraction of sp³-hybridized carbons (Fsp3) is 0.667. The van der Waals surface area contributed by atoms with Crippen LogP contribution in [0.25, 0.3) is 0 Å². The first-order valence-corrected chi connectivity index (χ1v) is 8.64. The van der Waals surface area contributed by atoms with Gasteiger partial charge >= 0.3 is 0 Å². The van der Waals surface area contributed by atoms with E-state index in [2.05, 4.69) is 51.2 Å². The van der Waals surface area contributed by atoms with Gasteiger partial charge in [0.15, 0.2) is 0 Å². The maximum absolute atomic E-state index is 6.25. The number of halogens is 1. The van der Waals surface area contributed by atoms with E-state index in [9.17, 15) is 0 Å². The summed E-state index contributed by atoms with van der Waals surface area (Å²) in [4.78, 5) is 6.90. The Morgan fingerprint density at radius 2 is 2.05 bits per heavy atom. The second kappa shape index (κ2) is 7.53. The van der Waals surface area contributed by atoms with Crippen LogP contribution < -0.4 is 10.2 Å². The average molecular weight is 316 g/mol. The molecule has 1 rings (SSSR count). The Bertz CT molecular complexity index is 432. The van der Waals surface area contributed by atoms with Crippen LogP contribution in [0.15, 0.2) is 12.1 Å². The van der Waals surface area contributed by atoms with Gasteiger partial charge in [-0.25, -0.2) is 4.98 Å². The highest BCUT2D eigenvalue weighted by Gasteiger charge is 2.14. The van der Waals surface area contributed by atoms with Gasteiger partial charge in [-0.05, 0) is 46.1 Å². The summed E-state index contributed by atoms with van der Waals surface area (Å²) in [6.45, 7) is 9.30. The average Bonchev–Trinajstić information content (AvgIpc) is 2.36. The Labute approximate surface area is 132 Å². The highest BCUT2D eigenvalue weighted by atomic mass is 35.5. The van der Waals surface area contributed by atoms with Crippen molar-refractivity contribution in [2.24, 2.45) is 0 Å². The van der Waals surface area contributed by atoms with Crippen molar-refractivity contribution in [1.82, 2.24) is 10.3 Å². The van der Waals surface area contributed by atoms with Gasteiger partial charge in [0.25, 0.3) is 0 Å². The van der Waals surface area contributed by atoms with Crippen LogP contribution in [0, 0.1) is 0 Å². The molecule has 0 amide bonds. The summed E-state index contributed by atoms with van der Waals surface area (Å²) in [5.41, 5.74) is 0.960. The molecule has 0 aliphatic carbocycles. The number of aromatic nitrogens is 1. The lowest BCUT2D eigenvalue weighted by Crippen LogP contribution is -2.36. The van der Waals surface area contributed by atoms with Gasteiger partial charge in [0, 0.05) is 30.9 Å². The maximum atomic E-state index is 6.25. The number of nitrogens with zero attached hydrogens (tertiary/aromatic N) is 2. The predicted octanol–water partition coefficient (Wildman–Crippen LogP) is 3.81. The summed E-state index contributed by atoms with van der Waals surface area (Å²) in [7, 11) is 2.08. The third-order valence-corrected chi connectivity index (χ3v) is 4.28. The lowest BCUT2D eigenvalue weighted by Gasteiger charge is -2.26. The number of hydrogen-bond donors (Lipinski definition) is 1. The molecule has 1 unspecified atom stereocenters. The molecule has 1 heterocycles. The smallest absolute Gasteiger partial charge is 0.128 e. The van der Waals surface area contributed by atoms with Gasteiger partial charge < -0.3 is 10.2 Å². The Morgan fingerprint density at radius 3 is 2.60 bits per heavy atom. The molecule has 20 heavy (non-hydrogen) atoms. The van der Waals surface area contributed by atoms with Crippen LogP contribution in [0.5, 0.6) is 0 Å². The van der Waals surface area contributed by atoms with Crippen molar-refractivity contribution in [3.63, 3.8) is 0 Å². The molecule has 5 heteroatoms. The number of anilines is 1. The van der Waals surface area contributed by atoms with Crippen LogP contribution >= 0.6 is 23.4 Å². The molecule has 0 aromatic carbocycles. The SMILES string of the molecule is CSCC(C)N(C)c1ccc(Cl)c(CNC(C)(C)C)n1. The fourth-order valence-electron chi connectivity index (χ4n) is 1.72. The highest BCUT2D eigenvalue weighted by Crippen LogP contribution is 2.21. The number of rotatable bonds is 6. The summed E-state index contributed by atoms with van der Waals surface area (Å²) < 4.78 is 0. The zero-order chi connectivity index (χ0) is 15.3. The quantitative estimate of drug-likeness (QED) is 0.864. The van der Waals surface area contributed by atoms with E-state index in [1.807, 2.05) is 23.9 Å². The van der Waals surface area contributed by atoms with Gasteiger partial charge in [-0.3, -0.25) is 0 Å². The van der Waals surface area contributed by atoms with Crippen LogP contribution in [0.4, 0.5) is 5.82 Å². The van der Waals surface area contributed by atoms with Crippen LogP contribution in [-0.4, -0.2) is 35.6 Å². The fourth-order valence-corrected chi connectivity index (χ4v) is 2.60. The standard InChI is InChI=1S/C15H26ClN3S/c1-11(10-20-6)19(5)14-8-7-12(16)13(18-14)9-17-15(2,3)4/h7-8,11,17H,9-10H2,1-6H3. The van der Waals surface area contributed by atoms with E-state index in [0.717, 1.165) is 22.3 Å². The van der Waals surface area contributed by atoms with Crippen molar-refractivity contribution in [1.29, 1.82) is 0 Å². The normalized spacial score (nSPS) is 13.3. The minimum Gasteiger partial charge on any atom is -0.356 e. The molecule has 1 aromatic rings. The molecule has 1 aromatic heterocycles. The van der Waals surface area contributed by atoms with Crippen LogP contribution in [0.2, 0.25) is 5.02 Å². The minimum atomic E-state index is 0.0546. The number of nitrogens with one attached hydrogen (secondary N) is 1. The molecule has 1 atom stereocenters. The molecule has 0 aliphatic heterocycles. The summed E-state index contributed by atoms with van der Waals surface area (Å²) in [6, 6.07) is 4.37. The van der Waals surface area contributed by atoms with Gasteiger partial charge in [0.1, 0.15) is 5.82 Å². The van der Waals surface area contributed by atoms with E-state index in [0.29, 0.717) is 12.6 Å². The molecule has 0 bridgehead atoms. The summed E-state index contributed by atoms with van der Waals surface area (Å²) in [6.07, 6.45) is 2.12. The molecule has 0 radical (unpaired) electrons. The lowest BCUT2D eigenvalue weighted by atomic mass is 10.1. The minimum absolute atomic E-state index is 0.0546. The first-order chi connectivity index (χ1) is 9.24. The molecule has 0 spiro atoms. The molecular formula is C15H26ClN3S. The molecule has 114 valence electrons. The number of hydrogen-bond acceptors (Lipinski definition) is 4. The van der Waals surface area contributed by atoms with Crippen LogP contribution in [0.3, 0.4) is 0 Å². The van der Waals surface area contributed by atoms with Crippen LogP contribution in [0.1, 0.15) is 33.4 Å². The maximum Gasteiger partial charge on any atom is 0.128 e. The molecule has 1 N–H and O–H groups in total. The van der Waals surface area contributed by atoms with Gasteiger partial charge in [-0.1, -0.05) is 11.6 Å². The van der Waals surface area contributed by atoms with Gasteiger partial charge in [-0.15, -0.1) is 0 Å². The third-order valence-electron chi connectivity index (χ3n) is 3.12. The van der Waals surface area contributed by atoms with Crippen molar-refractivity contribution in [3.8, 4) is 0 Å². The van der Waals surface area contributed by atoms with E-state index >= 15 is 0 Å².